The van der Waals surface area contributed by atoms with Gasteiger partial charge in [-0.1, -0.05) is 0 Å². The van der Waals surface area contributed by atoms with Gasteiger partial charge in [-0.15, -0.1) is 0 Å². The predicted molar refractivity (Wildman–Crippen MR) is 91.7 cm³/mol. The number of nitrogens with one attached hydrogen (secondary N) is 1. The number of carbonyl (C=O) groups excluding carboxylic acids is 2. The van der Waals surface area contributed by atoms with E-state index >= 15 is 0 Å². The Bertz CT molecular complexity index is 441. The summed E-state index contributed by atoms with van der Waals surface area (Å²) in [5.41, 5.74) is -0.504. The molecule has 0 unspecified atom stereocenters. The lowest BCUT2D eigenvalue weighted by atomic mass is 9.83. The van der Waals surface area contributed by atoms with Crippen LogP contribution in [0, 0.1) is 11.8 Å². The maximum Gasteiger partial charge on any atom is 0.410 e. The van der Waals surface area contributed by atoms with E-state index in [0.29, 0.717) is 25.3 Å². The molecule has 0 aromatic heterocycles. The van der Waals surface area contributed by atoms with Gasteiger partial charge in [-0.3, -0.25) is 4.79 Å². The van der Waals surface area contributed by atoms with Gasteiger partial charge in [0.2, 0.25) is 0 Å². The molecule has 0 aromatic carbocycles. The molecule has 2 atom stereocenters. The summed E-state index contributed by atoms with van der Waals surface area (Å²) in [6.45, 7) is 8.27. The van der Waals surface area contributed by atoms with Gasteiger partial charge in [-0.2, -0.15) is 0 Å². The van der Waals surface area contributed by atoms with Gasteiger partial charge in [-0.05, 0) is 71.9 Å². The van der Waals surface area contributed by atoms with Crippen LogP contribution in [0.15, 0.2) is 0 Å². The lowest BCUT2D eigenvalue weighted by Crippen LogP contribution is -2.50. The number of ether oxygens (including phenoxy) is 2. The maximum absolute atomic E-state index is 12.6. The minimum absolute atomic E-state index is 0.0563. The normalized spacial score (nSPS) is 26.1. The third-order valence-corrected chi connectivity index (χ3v) is 4.94. The summed E-state index contributed by atoms with van der Waals surface area (Å²) < 4.78 is 10.5. The predicted octanol–water partition coefficient (Wildman–Crippen LogP) is 2.56. The van der Waals surface area contributed by atoms with Gasteiger partial charge < -0.3 is 19.7 Å². The molecule has 0 aromatic rings. The molecular weight excluding hydrogens is 308 g/mol. The molecule has 6 heteroatoms. The topological polar surface area (TPSA) is 67.9 Å². The lowest BCUT2D eigenvalue weighted by Gasteiger charge is -2.41. The molecule has 24 heavy (non-hydrogen) atoms. The first-order chi connectivity index (χ1) is 11.3. The fourth-order valence-electron chi connectivity index (χ4n) is 3.72. The highest BCUT2D eigenvalue weighted by Crippen LogP contribution is 2.31. The number of amides is 1. The van der Waals surface area contributed by atoms with Crippen molar-refractivity contribution in [3.05, 3.63) is 0 Å². The van der Waals surface area contributed by atoms with Gasteiger partial charge in [0, 0.05) is 12.6 Å². The smallest absolute Gasteiger partial charge is 0.410 e. The van der Waals surface area contributed by atoms with E-state index in [0.717, 1.165) is 32.4 Å². The highest BCUT2D eigenvalue weighted by molar-refractivity contribution is 5.73. The van der Waals surface area contributed by atoms with Gasteiger partial charge in [0.05, 0.1) is 13.0 Å². The molecular formula is C18H32N2O4. The van der Waals surface area contributed by atoms with E-state index in [9.17, 15) is 9.59 Å². The molecule has 2 saturated heterocycles. The van der Waals surface area contributed by atoms with E-state index < -0.39 is 5.60 Å². The fraction of sp³-hybridized carbons (Fsp3) is 0.889. The van der Waals surface area contributed by atoms with Crippen molar-refractivity contribution in [2.75, 3.05) is 26.7 Å². The van der Waals surface area contributed by atoms with Crippen molar-refractivity contribution in [3.63, 3.8) is 0 Å². The van der Waals surface area contributed by atoms with E-state index in [4.69, 9.17) is 9.47 Å². The van der Waals surface area contributed by atoms with Crippen molar-refractivity contribution in [2.24, 2.45) is 11.8 Å². The first kappa shape index (κ1) is 19.0. The van der Waals surface area contributed by atoms with Gasteiger partial charge in [-0.25, -0.2) is 4.79 Å². The van der Waals surface area contributed by atoms with E-state index in [2.05, 4.69) is 5.32 Å². The van der Waals surface area contributed by atoms with E-state index in [1.54, 1.807) is 0 Å². The zero-order valence-electron chi connectivity index (χ0n) is 15.5. The Balaban J connectivity index is 2.05. The minimum Gasteiger partial charge on any atom is -0.469 e. The molecule has 6 nitrogen and oxygen atoms in total. The Labute approximate surface area is 145 Å². The highest BCUT2D eigenvalue weighted by Gasteiger charge is 2.38. The quantitative estimate of drug-likeness (QED) is 0.800. The summed E-state index contributed by atoms with van der Waals surface area (Å²) >= 11 is 0. The molecule has 2 aliphatic heterocycles. The average Bonchev–Trinajstić information content (AvgIpc) is 2.53. The van der Waals surface area contributed by atoms with Crippen molar-refractivity contribution in [2.45, 2.75) is 64.5 Å². The second-order valence-electron chi connectivity index (χ2n) is 8.00. The summed E-state index contributed by atoms with van der Waals surface area (Å²) in [6, 6.07) is 0.0563. The lowest BCUT2D eigenvalue weighted by molar-refractivity contribution is -0.148. The SMILES string of the molecule is COC(=O)[C@H]1CCN(C(=O)OC(C)(C)C)[C@@H](CC2CCNCC2)C1. The molecule has 0 aliphatic carbocycles. The van der Waals surface area contributed by atoms with Crippen LogP contribution < -0.4 is 5.32 Å². The molecule has 2 heterocycles. The summed E-state index contributed by atoms with van der Waals surface area (Å²) in [7, 11) is 1.43. The summed E-state index contributed by atoms with van der Waals surface area (Å²) in [6.07, 6.45) is 4.26. The van der Waals surface area contributed by atoms with E-state index in [1.165, 1.54) is 7.11 Å². The number of likely N-dealkylation sites (tertiary alicyclic amines) is 1. The van der Waals surface area contributed by atoms with Crippen LogP contribution in [0.3, 0.4) is 0 Å². The summed E-state index contributed by atoms with van der Waals surface area (Å²) in [5, 5.41) is 3.37. The molecule has 2 fully saturated rings. The number of hydrogen-bond donors (Lipinski definition) is 1. The van der Waals surface area contributed by atoms with Gasteiger partial charge in [0.15, 0.2) is 0 Å². The van der Waals surface area contributed by atoms with Crippen LogP contribution >= 0.6 is 0 Å². The number of nitrogens with zero attached hydrogens (tertiary/aromatic N) is 1. The Hall–Kier alpha value is -1.30. The van der Waals surface area contributed by atoms with Crippen LogP contribution in [0.1, 0.15) is 52.9 Å². The van der Waals surface area contributed by atoms with Crippen LogP contribution in [0.2, 0.25) is 0 Å². The Morgan fingerprint density at radius 1 is 1.17 bits per heavy atom. The molecule has 0 spiro atoms. The van der Waals surface area contributed by atoms with Crippen LogP contribution in [0.4, 0.5) is 4.79 Å². The number of carbonyl (C=O) groups is 2. The monoisotopic (exact) mass is 340 g/mol. The molecule has 2 aliphatic rings. The first-order valence-corrected chi connectivity index (χ1v) is 9.08. The standard InChI is InChI=1S/C18H32N2O4/c1-18(2,3)24-17(22)20-10-7-14(16(21)23-4)12-15(20)11-13-5-8-19-9-6-13/h13-15,19H,5-12H2,1-4H3/t14-,15-/m0/s1. The van der Waals surface area contributed by atoms with Crippen LogP contribution in [0.25, 0.3) is 0 Å². The average molecular weight is 340 g/mol. The molecule has 0 bridgehead atoms. The summed E-state index contributed by atoms with van der Waals surface area (Å²) in [5.74, 6) is 0.326. The van der Waals surface area contributed by atoms with Crippen molar-refractivity contribution in [1.29, 1.82) is 0 Å². The molecule has 1 N–H and O–H groups in total. The van der Waals surface area contributed by atoms with Gasteiger partial charge in [0.1, 0.15) is 5.60 Å². The number of rotatable bonds is 3. The zero-order chi connectivity index (χ0) is 17.7. The van der Waals surface area contributed by atoms with Crippen molar-refractivity contribution in [3.8, 4) is 0 Å². The van der Waals surface area contributed by atoms with Crippen molar-refractivity contribution in [1.82, 2.24) is 10.2 Å². The first-order valence-electron chi connectivity index (χ1n) is 9.08. The second-order valence-corrected chi connectivity index (χ2v) is 8.00. The van der Waals surface area contributed by atoms with Crippen molar-refractivity contribution >= 4 is 12.1 Å². The molecule has 0 saturated carbocycles. The van der Waals surface area contributed by atoms with Crippen LogP contribution in [0.5, 0.6) is 0 Å². The minimum atomic E-state index is -0.504. The van der Waals surface area contributed by atoms with Crippen LogP contribution in [-0.2, 0) is 14.3 Å². The zero-order valence-corrected chi connectivity index (χ0v) is 15.5. The fourth-order valence-corrected chi connectivity index (χ4v) is 3.72. The number of methoxy groups -OCH3 is 1. The Morgan fingerprint density at radius 3 is 2.42 bits per heavy atom. The number of esters is 1. The third kappa shape index (κ3) is 5.36. The third-order valence-electron chi connectivity index (χ3n) is 4.94. The molecule has 2 rings (SSSR count). The van der Waals surface area contributed by atoms with Crippen molar-refractivity contribution < 1.29 is 19.1 Å². The van der Waals surface area contributed by atoms with Gasteiger partial charge in [0.25, 0.3) is 0 Å². The Morgan fingerprint density at radius 2 is 1.83 bits per heavy atom. The van der Waals surface area contributed by atoms with E-state index in [-0.39, 0.29) is 24.0 Å². The highest BCUT2D eigenvalue weighted by atomic mass is 16.6. The molecule has 138 valence electrons. The molecule has 0 radical (unpaired) electrons. The Kier molecular flexibility index (Phi) is 6.49. The second kappa shape index (κ2) is 8.19. The largest absolute Gasteiger partial charge is 0.469 e. The number of piperidine rings is 2. The number of hydrogen-bond acceptors (Lipinski definition) is 5. The van der Waals surface area contributed by atoms with Gasteiger partial charge >= 0.3 is 12.1 Å². The van der Waals surface area contributed by atoms with Crippen LogP contribution in [-0.4, -0.2) is 55.3 Å². The summed E-state index contributed by atoms with van der Waals surface area (Å²) in [4.78, 5) is 26.4. The van der Waals surface area contributed by atoms with E-state index in [1.807, 2.05) is 25.7 Å². The maximum atomic E-state index is 12.6. The molecule has 1 amide bonds.